The summed E-state index contributed by atoms with van der Waals surface area (Å²) in [6.45, 7) is 0.290. The van der Waals surface area contributed by atoms with Crippen LogP contribution in [-0.2, 0) is 6.42 Å². The Hall–Kier alpha value is -1.61. The summed E-state index contributed by atoms with van der Waals surface area (Å²) in [4.78, 5) is 11.8. The summed E-state index contributed by atoms with van der Waals surface area (Å²) in [6, 6.07) is 9.57. The lowest BCUT2D eigenvalue weighted by Crippen LogP contribution is -2.06. The minimum Gasteiger partial charge on any atom is -0.423 e. The SMILES string of the molecule is O=c1oc2ccccc2cc1CCCCCCCCO. The molecule has 0 radical (unpaired) electrons. The lowest BCUT2D eigenvalue weighted by atomic mass is 10.1. The van der Waals surface area contributed by atoms with E-state index in [2.05, 4.69) is 0 Å². The van der Waals surface area contributed by atoms with Gasteiger partial charge in [0.1, 0.15) is 5.58 Å². The van der Waals surface area contributed by atoms with Crippen LogP contribution in [0.3, 0.4) is 0 Å². The monoisotopic (exact) mass is 274 g/mol. The second-order valence-corrected chi connectivity index (χ2v) is 5.19. The maximum atomic E-state index is 11.8. The molecule has 2 aromatic rings. The van der Waals surface area contributed by atoms with Gasteiger partial charge in [-0.3, -0.25) is 0 Å². The van der Waals surface area contributed by atoms with Crippen LogP contribution in [0.25, 0.3) is 11.0 Å². The van der Waals surface area contributed by atoms with Crippen molar-refractivity contribution in [2.45, 2.75) is 44.9 Å². The van der Waals surface area contributed by atoms with Crippen LogP contribution in [0, 0.1) is 0 Å². The molecule has 2 rings (SSSR count). The quantitative estimate of drug-likeness (QED) is 0.590. The minimum atomic E-state index is -0.205. The van der Waals surface area contributed by atoms with Crippen LogP contribution in [0.2, 0.25) is 0 Å². The number of para-hydroxylation sites is 1. The highest BCUT2D eigenvalue weighted by Crippen LogP contribution is 2.14. The van der Waals surface area contributed by atoms with E-state index in [1.165, 1.54) is 6.42 Å². The second kappa shape index (κ2) is 7.85. The van der Waals surface area contributed by atoms with Gasteiger partial charge < -0.3 is 9.52 Å². The van der Waals surface area contributed by atoms with Crippen molar-refractivity contribution < 1.29 is 9.52 Å². The van der Waals surface area contributed by atoms with Crippen molar-refractivity contribution in [3.05, 3.63) is 46.3 Å². The molecule has 3 heteroatoms. The summed E-state index contributed by atoms with van der Waals surface area (Å²) in [5, 5.41) is 9.68. The molecule has 108 valence electrons. The predicted molar refractivity (Wildman–Crippen MR) is 81.0 cm³/mol. The molecule has 1 aromatic heterocycles. The normalized spacial score (nSPS) is 11.1. The van der Waals surface area contributed by atoms with E-state index in [9.17, 15) is 4.79 Å². The van der Waals surface area contributed by atoms with Gasteiger partial charge in [0.15, 0.2) is 0 Å². The van der Waals surface area contributed by atoms with Crippen LogP contribution in [0.5, 0.6) is 0 Å². The number of rotatable bonds is 8. The zero-order chi connectivity index (χ0) is 14.2. The number of hydrogen-bond donors (Lipinski definition) is 1. The van der Waals surface area contributed by atoms with Crippen molar-refractivity contribution in [1.82, 2.24) is 0 Å². The molecule has 3 nitrogen and oxygen atoms in total. The molecular formula is C17H22O3. The Bertz CT molecular complexity index is 586. The van der Waals surface area contributed by atoms with Gasteiger partial charge in [-0.1, -0.05) is 43.9 Å². The fourth-order valence-corrected chi connectivity index (χ4v) is 2.41. The molecule has 0 bridgehead atoms. The second-order valence-electron chi connectivity index (χ2n) is 5.19. The van der Waals surface area contributed by atoms with Gasteiger partial charge in [0, 0.05) is 17.6 Å². The average molecular weight is 274 g/mol. The maximum Gasteiger partial charge on any atom is 0.339 e. The molecule has 0 aliphatic rings. The summed E-state index contributed by atoms with van der Waals surface area (Å²) in [6.07, 6.45) is 7.24. The number of aliphatic hydroxyl groups excluding tert-OH is 1. The van der Waals surface area contributed by atoms with Crippen molar-refractivity contribution in [3.63, 3.8) is 0 Å². The first kappa shape index (κ1) is 14.8. The fraction of sp³-hybridized carbons (Fsp3) is 0.471. The Morgan fingerprint density at radius 3 is 2.45 bits per heavy atom. The van der Waals surface area contributed by atoms with Crippen molar-refractivity contribution in [2.24, 2.45) is 0 Å². The third-order valence-corrected chi connectivity index (χ3v) is 3.57. The van der Waals surface area contributed by atoms with Crippen LogP contribution < -0.4 is 5.63 Å². The van der Waals surface area contributed by atoms with Crippen molar-refractivity contribution in [2.75, 3.05) is 6.61 Å². The Balaban J connectivity index is 1.84. The molecular weight excluding hydrogens is 252 g/mol. The minimum absolute atomic E-state index is 0.205. The lowest BCUT2D eigenvalue weighted by molar-refractivity contribution is 0.282. The molecule has 20 heavy (non-hydrogen) atoms. The van der Waals surface area contributed by atoms with Gasteiger partial charge in [0.2, 0.25) is 0 Å². The molecule has 1 heterocycles. The third kappa shape index (κ3) is 4.20. The summed E-state index contributed by atoms with van der Waals surface area (Å²) < 4.78 is 5.32. The topological polar surface area (TPSA) is 50.4 Å². The summed E-state index contributed by atoms with van der Waals surface area (Å²) in [5.74, 6) is 0. The number of aliphatic hydroxyl groups is 1. The molecule has 1 N–H and O–H groups in total. The van der Waals surface area contributed by atoms with E-state index in [1.54, 1.807) is 0 Å². The zero-order valence-corrected chi connectivity index (χ0v) is 11.8. The highest BCUT2D eigenvalue weighted by atomic mass is 16.4. The Morgan fingerprint density at radius 2 is 1.65 bits per heavy atom. The van der Waals surface area contributed by atoms with E-state index in [0.717, 1.165) is 49.5 Å². The van der Waals surface area contributed by atoms with E-state index in [-0.39, 0.29) is 12.2 Å². The molecule has 0 amide bonds. The van der Waals surface area contributed by atoms with Crippen LogP contribution >= 0.6 is 0 Å². The van der Waals surface area contributed by atoms with Gasteiger partial charge in [-0.25, -0.2) is 4.79 Å². The van der Waals surface area contributed by atoms with Gasteiger partial charge in [0.05, 0.1) is 0 Å². The molecule has 0 aliphatic carbocycles. The average Bonchev–Trinajstić information content (AvgIpc) is 2.46. The lowest BCUT2D eigenvalue weighted by Gasteiger charge is -2.03. The smallest absolute Gasteiger partial charge is 0.339 e. The van der Waals surface area contributed by atoms with Gasteiger partial charge in [0.25, 0.3) is 0 Å². The van der Waals surface area contributed by atoms with Gasteiger partial charge >= 0.3 is 5.63 Å². The molecule has 1 aromatic carbocycles. The van der Waals surface area contributed by atoms with E-state index >= 15 is 0 Å². The molecule has 0 atom stereocenters. The van der Waals surface area contributed by atoms with E-state index < -0.39 is 0 Å². The number of unbranched alkanes of at least 4 members (excludes halogenated alkanes) is 5. The largest absolute Gasteiger partial charge is 0.423 e. The Kier molecular flexibility index (Phi) is 5.81. The third-order valence-electron chi connectivity index (χ3n) is 3.57. The highest BCUT2D eigenvalue weighted by molar-refractivity contribution is 5.76. The molecule has 0 fully saturated rings. The first-order chi connectivity index (χ1) is 9.81. The Labute approximate surface area is 119 Å². The number of hydrogen-bond acceptors (Lipinski definition) is 3. The van der Waals surface area contributed by atoms with Crippen molar-refractivity contribution in [1.29, 1.82) is 0 Å². The maximum absolute atomic E-state index is 11.8. The summed E-state index contributed by atoms with van der Waals surface area (Å²) in [5.41, 5.74) is 1.23. The number of aryl methyl sites for hydroxylation is 1. The molecule has 0 saturated heterocycles. The Morgan fingerprint density at radius 1 is 0.950 bits per heavy atom. The number of benzene rings is 1. The fourth-order valence-electron chi connectivity index (χ4n) is 2.41. The summed E-state index contributed by atoms with van der Waals surface area (Å²) >= 11 is 0. The van der Waals surface area contributed by atoms with Crippen LogP contribution in [0.15, 0.2) is 39.5 Å². The molecule has 0 saturated carbocycles. The highest BCUT2D eigenvalue weighted by Gasteiger charge is 2.04. The van der Waals surface area contributed by atoms with E-state index in [0.29, 0.717) is 5.58 Å². The zero-order valence-electron chi connectivity index (χ0n) is 11.8. The van der Waals surface area contributed by atoms with Gasteiger partial charge in [-0.05, 0) is 31.4 Å². The first-order valence-corrected chi connectivity index (χ1v) is 7.44. The molecule has 0 aliphatic heterocycles. The number of fused-ring (bicyclic) bond motifs is 1. The van der Waals surface area contributed by atoms with E-state index in [4.69, 9.17) is 9.52 Å². The molecule has 0 spiro atoms. The standard InChI is InChI=1S/C17H22O3/c18-12-8-4-2-1-3-5-10-15-13-14-9-6-7-11-16(14)20-17(15)19/h6-7,9,11,13,18H,1-5,8,10,12H2. The molecule has 0 unspecified atom stereocenters. The van der Waals surface area contributed by atoms with E-state index in [1.807, 2.05) is 30.3 Å². The predicted octanol–water partition coefficient (Wildman–Crippen LogP) is 3.67. The summed E-state index contributed by atoms with van der Waals surface area (Å²) in [7, 11) is 0. The van der Waals surface area contributed by atoms with Crippen LogP contribution in [0.4, 0.5) is 0 Å². The first-order valence-electron chi connectivity index (χ1n) is 7.44. The van der Waals surface area contributed by atoms with Crippen LogP contribution in [-0.4, -0.2) is 11.7 Å². The van der Waals surface area contributed by atoms with Gasteiger partial charge in [-0.2, -0.15) is 0 Å². The van der Waals surface area contributed by atoms with Crippen molar-refractivity contribution in [3.8, 4) is 0 Å². The van der Waals surface area contributed by atoms with Crippen LogP contribution in [0.1, 0.15) is 44.1 Å². The van der Waals surface area contributed by atoms with Crippen molar-refractivity contribution >= 4 is 11.0 Å². The van der Waals surface area contributed by atoms with Gasteiger partial charge in [-0.15, -0.1) is 0 Å².